The van der Waals surface area contributed by atoms with E-state index < -0.39 is 6.10 Å². The van der Waals surface area contributed by atoms with Gasteiger partial charge in [-0.05, 0) is 38.1 Å². The van der Waals surface area contributed by atoms with Crippen molar-refractivity contribution in [2.75, 3.05) is 17.2 Å². The Bertz CT molecular complexity index is 408. The van der Waals surface area contributed by atoms with E-state index in [-0.39, 0.29) is 17.0 Å². The lowest BCUT2D eigenvalue weighted by atomic mass is 10.3. The third kappa shape index (κ3) is 4.84. The van der Waals surface area contributed by atoms with Crippen LogP contribution < -0.4 is 4.90 Å². The van der Waals surface area contributed by atoms with Gasteiger partial charge in [-0.1, -0.05) is 6.92 Å². The van der Waals surface area contributed by atoms with Crippen LogP contribution in [0, 0.1) is 5.82 Å². The number of thioether (sulfide) groups is 1. The van der Waals surface area contributed by atoms with Crippen molar-refractivity contribution in [3.05, 3.63) is 30.1 Å². The van der Waals surface area contributed by atoms with Crippen LogP contribution in [0.3, 0.4) is 0 Å². The third-order valence-electron chi connectivity index (χ3n) is 2.90. The van der Waals surface area contributed by atoms with E-state index in [0.29, 0.717) is 18.0 Å². The van der Waals surface area contributed by atoms with Gasteiger partial charge in [-0.2, -0.15) is 0 Å². The summed E-state index contributed by atoms with van der Waals surface area (Å²) in [4.78, 5) is 13.7. The second kappa shape index (κ2) is 7.50. The van der Waals surface area contributed by atoms with Crippen LogP contribution in [-0.4, -0.2) is 34.7 Å². The number of halogens is 1. The van der Waals surface area contributed by atoms with Gasteiger partial charge >= 0.3 is 0 Å². The second-order valence-electron chi connectivity index (χ2n) is 4.37. The van der Waals surface area contributed by atoms with Crippen LogP contribution in [0.4, 0.5) is 10.1 Å². The lowest BCUT2D eigenvalue weighted by Crippen LogP contribution is -2.33. The predicted octanol–water partition coefficient (Wildman–Crippen LogP) is 2.68. The van der Waals surface area contributed by atoms with Gasteiger partial charge in [0.15, 0.2) is 0 Å². The molecular formula is C14H20FNO2S. The van der Waals surface area contributed by atoms with Crippen molar-refractivity contribution in [3.63, 3.8) is 0 Å². The summed E-state index contributed by atoms with van der Waals surface area (Å²) in [6.45, 7) is 6.01. The van der Waals surface area contributed by atoms with Crippen LogP contribution in [-0.2, 0) is 4.79 Å². The van der Waals surface area contributed by atoms with E-state index in [2.05, 4.69) is 0 Å². The number of amides is 1. The Morgan fingerprint density at radius 3 is 2.42 bits per heavy atom. The van der Waals surface area contributed by atoms with Crippen LogP contribution in [0.25, 0.3) is 0 Å². The van der Waals surface area contributed by atoms with Gasteiger partial charge in [0.2, 0.25) is 5.91 Å². The molecule has 1 amide bonds. The van der Waals surface area contributed by atoms with Gasteiger partial charge < -0.3 is 10.0 Å². The van der Waals surface area contributed by atoms with Crippen LogP contribution in [0.1, 0.15) is 20.8 Å². The number of hydrogen-bond donors (Lipinski definition) is 1. The Hall–Kier alpha value is -1.07. The van der Waals surface area contributed by atoms with Crippen molar-refractivity contribution >= 4 is 23.4 Å². The van der Waals surface area contributed by atoms with Gasteiger partial charge in [-0.25, -0.2) is 4.39 Å². The Morgan fingerprint density at radius 2 is 1.95 bits per heavy atom. The molecule has 0 aliphatic heterocycles. The molecule has 5 heteroatoms. The van der Waals surface area contributed by atoms with Crippen molar-refractivity contribution in [2.24, 2.45) is 0 Å². The number of hydrogen-bond acceptors (Lipinski definition) is 3. The minimum Gasteiger partial charge on any atom is -0.392 e. The number of anilines is 1. The van der Waals surface area contributed by atoms with Gasteiger partial charge in [0.25, 0.3) is 0 Å². The Labute approximate surface area is 117 Å². The molecule has 1 aromatic rings. The van der Waals surface area contributed by atoms with Gasteiger partial charge in [-0.3, -0.25) is 4.79 Å². The van der Waals surface area contributed by atoms with E-state index in [4.69, 9.17) is 0 Å². The quantitative estimate of drug-likeness (QED) is 0.873. The zero-order valence-corrected chi connectivity index (χ0v) is 12.3. The molecule has 0 spiro atoms. The van der Waals surface area contributed by atoms with Crippen LogP contribution in [0.2, 0.25) is 0 Å². The molecule has 2 unspecified atom stereocenters. The number of nitrogens with zero attached hydrogens (tertiary/aromatic N) is 1. The highest BCUT2D eigenvalue weighted by Crippen LogP contribution is 2.19. The van der Waals surface area contributed by atoms with Crippen molar-refractivity contribution in [3.8, 4) is 0 Å². The minimum atomic E-state index is -0.446. The van der Waals surface area contributed by atoms with Crippen molar-refractivity contribution in [1.82, 2.24) is 0 Å². The van der Waals surface area contributed by atoms with Crippen LogP contribution in [0.5, 0.6) is 0 Å². The molecule has 2 atom stereocenters. The molecule has 0 saturated carbocycles. The summed E-state index contributed by atoms with van der Waals surface area (Å²) in [7, 11) is 0. The number of benzene rings is 1. The average Bonchev–Trinajstić information content (AvgIpc) is 2.38. The van der Waals surface area contributed by atoms with E-state index in [1.165, 1.54) is 23.9 Å². The molecule has 106 valence electrons. The molecule has 0 saturated heterocycles. The summed E-state index contributed by atoms with van der Waals surface area (Å²) in [5.41, 5.74) is 0.694. The highest BCUT2D eigenvalue weighted by molar-refractivity contribution is 8.00. The fraction of sp³-hybridized carbons (Fsp3) is 0.500. The summed E-state index contributed by atoms with van der Waals surface area (Å²) in [5.74, 6) is -0.0481. The molecule has 0 aliphatic rings. The Balaban J connectivity index is 2.64. The molecule has 0 heterocycles. The topological polar surface area (TPSA) is 40.5 Å². The first-order chi connectivity index (χ1) is 8.95. The Morgan fingerprint density at radius 1 is 1.37 bits per heavy atom. The highest BCUT2D eigenvalue weighted by Gasteiger charge is 2.17. The number of rotatable bonds is 6. The van der Waals surface area contributed by atoms with Crippen molar-refractivity contribution < 1.29 is 14.3 Å². The van der Waals surface area contributed by atoms with E-state index in [9.17, 15) is 14.3 Å². The molecule has 19 heavy (non-hydrogen) atoms. The molecule has 3 nitrogen and oxygen atoms in total. The van der Waals surface area contributed by atoms with Crippen LogP contribution in [0.15, 0.2) is 24.3 Å². The summed E-state index contributed by atoms with van der Waals surface area (Å²) in [6, 6.07) is 5.88. The number of aliphatic hydroxyl groups is 1. The summed E-state index contributed by atoms with van der Waals surface area (Å²) < 4.78 is 12.9. The second-order valence-corrected chi connectivity index (χ2v) is 5.74. The van der Waals surface area contributed by atoms with E-state index in [0.717, 1.165) is 0 Å². The molecule has 0 aromatic heterocycles. The zero-order chi connectivity index (χ0) is 14.4. The maximum absolute atomic E-state index is 12.9. The first kappa shape index (κ1) is 16.0. The molecule has 1 rings (SSSR count). The Kier molecular flexibility index (Phi) is 6.31. The third-order valence-corrected chi connectivity index (χ3v) is 4.24. The zero-order valence-electron chi connectivity index (χ0n) is 11.5. The van der Waals surface area contributed by atoms with E-state index in [1.807, 2.05) is 13.8 Å². The smallest absolute Gasteiger partial charge is 0.236 e. The predicted molar refractivity (Wildman–Crippen MR) is 78.0 cm³/mol. The lowest BCUT2D eigenvalue weighted by Gasteiger charge is -2.22. The van der Waals surface area contributed by atoms with Gasteiger partial charge in [0.05, 0.1) is 11.9 Å². The molecular weight excluding hydrogens is 265 g/mol. The lowest BCUT2D eigenvalue weighted by molar-refractivity contribution is -0.116. The molecule has 0 aliphatic carbocycles. The fourth-order valence-corrected chi connectivity index (χ4v) is 2.38. The molecule has 1 aromatic carbocycles. The highest BCUT2D eigenvalue weighted by atomic mass is 32.2. The number of aliphatic hydroxyl groups excluding tert-OH is 1. The van der Waals surface area contributed by atoms with Gasteiger partial charge in [0, 0.05) is 17.5 Å². The summed E-state index contributed by atoms with van der Waals surface area (Å²) in [5, 5.41) is 9.40. The average molecular weight is 285 g/mol. The summed E-state index contributed by atoms with van der Waals surface area (Å²) in [6.07, 6.45) is -0.446. The van der Waals surface area contributed by atoms with Crippen molar-refractivity contribution in [2.45, 2.75) is 32.1 Å². The molecule has 0 radical (unpaired) electrons. The molecule has 0 bridgehead atoms. The monoisotopic (exact) mass is 285 g/mol. The van der Waals surface area contributed by atoms with Gasteiger partial charge in [0.1, 0.15) is 5.82 Å². The normalized spacial score (nSPS) is 13.9. The standard InChI is InChI=1S/C14H20FNO2S/c1-4-16(13-7-5-12(15)6-8-13)14(18)9-19-11(3)10(2)17/h5-8,10-11,17H,4,9H2,1-3H3. The minimum absolute atomic E-state index is 0.0101. The van der Waals surface area contributed by atoms with Gasteiger partial charge in [-0.15, -0.1) is 11.8 Å². The number of carbonyl (C=O) groups excluding carboxylic acids is 1. The van der Waals surface area contributed by atoms with Crippen molar-refractivity contribution in [1.29, 1.82) is 0 Å². The first-order valence-corrected chi connectivity index (χ1v) is 7.36. The fourth-order valence-electron chi connectivity index (χ4n) is 1.54. The molecule has 0 fully saturated rings. The largest absolute Gasteiger partial charge is 0.392 e. The maximum atomic E-state index is 12.9. The first-order valence-electron chi connectivity index (χ1n) is 6.31. The SMILES string of the molecule is CCN(C(=O)CSC(C)C(C)O)c1ccc(F)cc1. The summed E-state index contributed by atoms with van der Waals surface area (Å²) >= 11 is 1.42. The van der Waals surface area contributed by atoms with Crippen LogP contribution >= 0.6 is 11.8 Å². The maximum Gasteiger partial charge on any atom is 0.236 e. The molecule has 1 N–H and O–H groups in total. The van der Waals surface area contributed by atoms with E-state index in [1.54, 1.807) is 24.0 Å². The number of carbonyl (C=O) groups is 1. The van der Waals surface area contributed by atoms with E-state index >= 15 is 0 Å².